The van der Waals surface area contributed by atoms with Gasteiger partial charge in [-0.15, -0.1) is 0 Å². The van der Waals surface area contributed by atoms with Crippen LogP contribution in [0.3, 0.4) is 0 Å². The van der Waals surface area contributed by atoms with E-state index in [1.807, 2.05) is 0 Å². The molecule has 1 saturated carbocycles. The summed E-state index contributed by atoms with van der Waals surface area (Å²) in [5.41, 5.74) is 0. The Bertz CT molecular complexity index is 234. The average molecular weight is 177 g/mol. The Balaban J connectivity index is 2.65. The quantitative estimate of drug-likeness (QED) is 0.680. The van der Waals surface area contributed by atoms with Crippen molar-refractivity contribution < 1.29 is 8.42 Å². The van der Waals surface area contributed by atoms with Gasteiger partial charge in [0, 0.05) is 6.04 Å². The fraction of sp³-hybridized carbons (Fsp3) is 1.00. The minimum absolute atomic E-state index is 0.222. The van der Waals surface area contributed by atoms with Crippen LogP contribution in [0.25, 0.3) is 0 Å². The van der Waals surface area contributed by atoms with Crippen LogP contribution in [-0.2, 0) is 10.0 Å². The zero-order chi connectivity index (χ0) is 8.70. The number of sulfonamides is 1. The Hall–Kier alpha value is -0.0900. The third-order valence-electron chi connectivity index (χ3n) is 1.71. The number of hydrogen-bond donors (Lipinski definition) is 1. The van der Waals surface area contributed by atoms with Gasteiger partial charge in [-0.05, 0) is 33.6 Å². The van der Waals surface area contributed by atoms with Crippen molar-refractivity contribution >= 4 is 10.0 Å². The maximum absolute atomic E-state index is 11.4. The molecule has 0 aromatic heterocycles. The largest absolute Gasteiger partial charge is 0.216 e. The highest BCUT2D eigenvalue weighted by Gasteiger charge is 2.34. The fourth-order valence-corrected chi connectivity index (χ4v) is 1.63. The Labute approximate surface area is 68.2 Å². The molecule has 0 atom stereocenters. The third-order valence-corrected chi connectivity index (χ3v) is 3.96. The molecule has 11 heavy (non-hydrogen) atoms. The van der Waals surface area contributed by atoms with E-state index < -0.39 is 14.8 Å². The van der Waals surface area contributed by atoms with E-state index in [0.29, 0.717) is 0 Å². The van der Waals surface area contributed by atoms with E-state index in [1.165, 1.54) is 0 Å². The summed E-state index contributed by atoms with van der Waals surface area (Å²) in [4.78, 5) is 0. The van der Waals surface area contributed by atoms with Crippen molar-refractivity contribution in [2.24, 2.45) is 0 Å². The van der Waals surface area contributed by atoms with Gasteiger partial charge in [-0.25, -0.2) is 13.1 Å². The molecule has 0 heterocycles. The lowest BCUT2D eigenvalue weighted by Crippen LogP contribution is -2.40. The molecular weight excluding hydrogens is 162 g/mol. The minimum Gasteiger partial charge on any atom is -0.212 e. The van der Waals surface area contributed by atoms with Gasteiger partial charge in [-0.2, -0.15) is 0 Å². The van der Waals surface area contributed by atoms with Gasteiger partial charge in [-0.1, -0.05) is 0 Å². The van der Waals surface area contributed by atoms with Crippen LogP contribution < -0.4 is 4.72 Å². The van der Waals surface area contributed by atoms with E-state index in [9.17, 15) is 8.42 Å². The molecule has 0 bridgehead atoms. The molecule has 0 spiro atoms. The summed E-state index contributed by atoms with van der Waals surface area (Å²) in [6, 6.07) is 0.222. The predicted molar refractivity (Wildman–Crippen MR) is 44.8 cm³/mol. The highest BCUT2D eigenvalue weighted by molar-refractivity contribution is 7.90. The molecular formula is C7H15NO2S. The van der Waals surface area contributed by atoms with E-state index in [4.69, 9.17) is 0 Å². The molecule has 3 nitrogen and oxygen atoms in total. The van der Waals surface area contributed by atoms with Crippen LogP contribution in [0.2, 0.25) is 0 Å². The predicted octanol–water partition coefficient (Wildman–Crippen LogP) is 0.867. The van der Waals surface area contributed by atoms with Gasteiger partial charge in [0.1, 0.15) is 0 Å². The van der Waals surface area contributed by atoms with Crippen LogP contribution in [0.4, 0.5) is 0 Å². The summed E-state index contributed by atoms with van der Waals surface area (Å²) >= 11 is 0. The van der Waals surface area contributed by atoms with Crippen LogP contribution in [0.15, 0.2) is 0 Å². The molecule has 4 heteroatoms. The molecule has 0 aromatic carbocycles. The van der Waals surface area contributed by atoms with Crippen molar-refractivity contribution in [1.82, 2.24) is 4.72 Å². The SMILES string of the molecule is CC(C)(C)S(=O)(=O)NC1CC1. The van der Waals surface area contributed by atoms with Crippen molar-refractivity contribution in [3.8, 4) is 0 Å². The van der Waals surface area contributed by atoms with Crippen molar-refractivity contribution in [3.63, 3.8) is 0 Å². The summed E-state index contributed by atoms with van der Waals surface area (Å²) in [7, 11) is -3.08. The Kier molecular flexibility index (Phi) is 2.01. The minimum atomic E-state index is -3.08. The van der Waals surface area contributed by atoms with Gasteiger partial charge in [0.15, 0.2) is 0 Å². The number of rotatable bonds is 2. The van der Waals surface area contributed by atoms with Crippen molar-refractivity contribution in [1.29, 1.82) is 0 Å². The van der Waals surface area contributed by atoms with Gasteiger partial charge in [0.25, 0.3) is 0 Å². The summed E-state index contributed by atoms with van der Waals surface area (Å²) in [5.74, 6) is 0. The second kappa shape index (κ2) is 2.45. The van der Waals surface area contributed by atoms with Gasteiger partial charge in [-0.3, -0.25) is 0 Å². The van der Waals surface area contributed by atoms with E-state index in [0.717, 1.165) is 12.8 Å². The van der Waals surface area contributed by atoms with E-state index >= 15 is 0 Å². The van der Waals surface area contributed by atoms with Gasteiger partial charge < -0.3 is 0 Å². The van der Waals surface area contributed by atoms with Crippen LogP contribution in [-0.4, -0.2) is 19.2 Å². The molecule has 1 fully saturated rings. The van der Waals surface area contributed by atoms with E-state index in [2.05, 4.69) is 4.72 Å². The van der Waals surface area contributed by atoms with Crippen LogP contribution in [0.1, 0.15) is 33.6 Å². The fourth-order valence-electron chi connectivity index (χ4n) is 0.597. The molecule has 0 radical (unpaired) electrons. The topological polar surface area (TPSA) is 46.2 Å². The summed E-state index contributed by atoms with van der Waals surface area (Å²) in [6.45, 7) is 5.12. The lowest BCUT2D eigenvalue weighted by atomic mass is 10.3. The first-order valence-corrected chi connectivity index (χ1v) is 5.33. The third kappa shape index (κ3) is 2.17. The summed E-state index contributed by atoms with van der Waals surface area (Å²) < 4.78 is 24.8. The average Bonchev–Trinajstić information content (AvgIpc) is 2.45. The highest BCUT2D eigenvalue weighted by atomic mass is 32.2. The molecule has 66 valence electrons. The number of hydrogen-bond acceptors (Lipinski definition) is 2. The van der Waals surface area contributed by atoms with Crippen LogP contribution >= 0.6 is 0 Å². The molecule has 0 aromatic rings. The maximum atomic E-state index is 11.4. The second-order valence-electron chi connectivity index (χ2n) is 4.01. The standard InChI is InChI=1S/C7H15NO2S/c1-7(2,3)11(9,10)8-6-4-5-6/h6,8H,4-5H2,1-3H3. The smallest absolute Gasteiger partial charge is 0.212 e. The van der Waals surface area contributed by atoms with Gasteiger partial charge >= 0.3 is 0 Å². The monoisotopic (exact) mass is 177 g/mol. The van der Waals surface area contributed by atoms with Crippen LogP contribution in [0.5, 0.6) is 0 Å². The highest BCUT2D eigenvalue weighted by Crippen LogP contribution is 2.23. The number of nitrogens with one attached hydrogen (secondary N) is 1. The summed E-state index contributed by atoms with van der Waals surface area (Å²) in [6.07, 6.45) is 1.99. The molecule has 0 saturated heterocycles. The van der Waals surface area contributed by atoms with Crippen molar-refractivity contribution in [3.05, 3.63) is 0 Å². The first-order valence-electron chi connectivity index (χ1n) is 3.85. The molecule has 0 aliphatic heterocycles. The Morgan fingerprint density at radius 3 is 2.00 bits per heavy atom. The van der Waals surface area contributed by atoms with Crippen molar-refractivity contribution in [2.75, 3.05) is 0 Å². The Morgan fingerprint density at radius 2 is 1.73 bits per heavy atom. The molecule has 0 amide bonds. The zero-order valence-corrected chi connectivity index (χ0v) is 8.03. The molecule has 1 rings (SSSR count). The van der Waals surface area contributed by atoms with E-state index in [1.54, 1.807) is 20.8 Å². The van der Waals surface area contributed by atoms with Gasteiger partial charge in [0.2, 0.25) is 10.0 Å². The van der Waals surface area contributed by atoms with Gasteiger partial charge in [0.05, 0.1) is 4.75 Å². The normalized spacial score (nSPS) is 20.3. The first kappa shape index (κ1) is 9.00. The Morgan fingerprint density at radius 1 is 1.27 bits per heavy atom. The molecule has 1 aliphatic carbocycles. The lowest BCUT2D eigenvalue weighted by Gasteiger charge is -2.19. The molecule has 0 unspecified atom stereocenters. The molecule has 1 N–H and O–H groups in total. The molecule has 1 aliphatic rings. The van der Waals surface area contributed by atoms with Crippen LogP contribution in [0, 0.1) is 0 Å². The maximum Gasteiger partial charge on any atom is 0.216 e. The van der Waals surface area contributed by atoms with E-state index in [-0.39, 0.29) is 6.04 Å². The summed E-state index contributed by atoms with van der Waals surface area (Å²) in [5, 5.41) is 0. The zero-order valence-electron chi connectivity index (χ0n) is 7.22. The second-order valence-corrected chi connectivity index (χ2v) is 6.48. The lowest BCUT2D eigenvalue weighted by molar-refractivity contribution is 0.544. The first-order chi connectivity index (χ1) is 4.83. The van der Waals surface area contributed by atoms with Crippen molar-refractivity contribution in [2.45, 2.75) is 44.4 Å².